The second kappa shape index (κ2) is 10.2. The minimum atomic E-state index is -0.00254. The first kappa shape index (κ1) is 23.5. The van der Waals surface area contributed by atoms with E-state index in [1.54, 1.807) is 0 Å². The molecule has 178 valence electrons. The molecule has 0 aliphatic carbocycles. The predicted molar refractivity (Wildman–Crippen MR) is 142 cm³/mol. The third-order valence-corrected chi connectivity index (χ3v) is 7.71. The molecule has 2 atom stereocenters. The van der Waals surface area contributed by atoms with Gasteiger partial charge in [0.2, 0.25) is 0 Å². The number of nitrogens with one attached hydrogen (secondary N) is 1. The van der Waals surface area contributed by atoms with Crippen molar-refractivity contribution in [2.75, 3.05) is 39.4 Å². The summed E-state index contributed by atoms with van der Waals surface area (Å²) in [6.45, 7) is 9.76. The number of pyridine rings is 1. The lowest BCUT2D eigenvalue weighted by molar-refractivity contribution is 0.0350. The molecule has 4 heterocycles. The van der Waals surface area contributed by atoms with Gasteiger partial charge in [-0.1, -0.05) is 22.0 Å². The van der Waals surface area contributed by atoms with E-state index < -0.39 is 0 Å². The highest BCUT2D eigenvalue weighted by atomic mass is 79.9. The minimum absolute atomic E-state index is 0.00254. The second-order valence-electron chi connectivity index (χ2n) is 8.91. The summed E-state index contributed by atoms with van der Waals surface area (Å²) in [5, 5.41) is 4.39. The molecule has 3 aromatic rings. The van der Waals surface area contributed by atoms with E-state index in [9.17, 15) is 0 Å². The normalized spacial score (nSPS) is 21.1. The summed E-state index contributed by atoms with van der Waals surface area (Å²) < 4.78 is 8.94. The molecule has 2 aliphatic rings. The number of rotatable bonds is 6. The zero-order chi connectivity index (χ0) is 23.7. The van der Waals surface area contributed by atoms with Crippen LogP contribution in [0.15, 0.2) is 59.2 Å². The van der Waals surface area contributed by atoms with Crippen molar-refractivity contribution in [2.24, 2.45) is 0 Å². The molecule has 2 aromatic heterocycles. The molecule has 2 fully saturated rings. The molecule has 0 radical (unpaired) electrons. The number of benzene rings is 1. The molecule has 0 spiro atoms. The highest BCUT2D eigenvalue weighted by Crippen LogP contribution is 2.41. The summed E-state index contributed by atoms with van der Waals surface area (Å²) in [7, 11) is 0. The van der Waals surface area contributed by atoms with Crippen molar-refractivity contribution < 1.29 is 4.74 Å². The van der Waals surface area contributed by atoms with Crippen molar-refractivity contribution in [1.82, 2.24) is 24.7 Å². The lowest BCUT2D eigenvalue weighted by atomic mass is 9.96. The summed E-state index contributed by atoms with van der Waals surface area (Å²) in [6, 6.07) is 17.0. The van der Waals surface area contributed by atoms with Crippen LogP contribution in [0.25, 0.3) is 5.69 Å². The number of hydrogen-bond acceptors (Lipinski definition) is 4. The van der Waals surface area contributed by atoms with Crippen molar-refractivity contribution >= 4 is 33.3 Å². The van der Waals surface area contributed by atoms with Gasteiger partial charge >= 0.3 is 0 Å². The van der Waals surface area contributed by atoms with E-state index in [1.807, 2.05) is 18.3 Å². The highest BCUT2D eigenvalue weighted by Gasteiger charge is 2.41. The first-order valence-electron chi connectivity index (χ1n) is 11.8. The van der Waals surface area contributed by atoms with Gasteiger partial charge in [-0.15, -0.1) is 0 Å². The van der Waals surface area contributed by atoms with Crippen LogP contribution < -0.4 is 5.32 Å². The summed E-state index contributed by atoms with van der Waals surface area (Å²) in [6.07, 6.45) is 1.86. The van der Waals surface area contributed by atoms with E-state index in [4.69, 9.17) is 21.9 Å². The van der Waals surface area contributed by atoms with Crippen LogP contribution in [0, 0.1) is 13.8 Å². The monoisotopic (exact) mass is 539 g/mol. The van der Waals surface area contributed by atoms with Crippen LogP contribution in [0.1, 0.15) is 34.7 Å². The molecular formula is C26H30BrN5OS. The molecule has 2 saturated heterocycles. The smallest absolute Gasteiger partial charge is 0.170 e. The van der Waals surface area contributed by atoms with Crippen molar-refractivity contribution in [2.45, 2.75) is 25.9 Å². The Morgan fingerprint density at radius 2 is 1.85 bits per heavy atom. The summed E-state index contributed by atoms with van der Waals surface area (Å²) in [5.41, 5.74) is 5.89. The molecular weight excluding hydrogens is 510 g/mol. The Morgan fingerprint density at radius 3 is 2.56 bits per heavy atom. The zero-order valence-corrected chi connectivity index (χ0v) is 22.0. The first-order valence-corrected chi connectivity index (χ1v) is 13.0. The largest absolute Gasteiger partial charge is 0.379 e. The van der Waals surface area contributed by atoms with Gasteiger partial charge in [-0.05, 0) is 74.1 Å². The molecule has 0 unspecified atom stereocenters. The van der Waals surface area contributed by atoms with Crippen LogP contribution in [0.5, 0.6) is 0 Å². The maximum atomic E-state index is 5.88. The van der Waals surface area contributed by atoms with Crippen molar-refractivity contribution in [1.29, 1.82) is 0 Å². The zero-order valence-electron chi connectivity index (χ0n) is 19.6. The maximum Gasteiger partial charge on any atom is 0.170 e. The topological polar surface area (TPSA) is 45.6 Å². The quantitative estimate of drug-likeness (QED) is 0.463. The van der Waals surface area contributed by atoms with Crippen LogP contribution in [0.4, 0.5) is 0 Å². The Kier molecular flexibility index (Phi) is 7.01. The first-order chi connectivity index (χ1) is 16.5. The number of morpholine rings is 1. The Labute approximate surface area is 215 Å². The van der Waals surface area contributed by atoms with E-state index in [2.05, 4.69) is 85.9 Å². The van der Waals surface area contributed by atoms with E-state index in [-0.39, 0.29) is 12.1 Å². The van der Waals surface area contributed by atoms with E-state index in [0.717, 1.165) is 60.4 Å². The van der Waals surface area contributed by atoms with Gasteiger partial charge < -0.3 is 19.5 Å². The average Bonchev–Trinajstić information content (AvgIpc) is 3.34. The lowest BCUT2D eigenvalue weighted by Gasteiger charge is -2.32. The molecule has 6 nitrogen and oxygen atoms in total. The number of aryl methyl sites for hydroxylation is 1. The molecule has 0 saturated carbocycles. The maximum absolute atomic E-state index is 5.88. The SMILES string of the molecule is Cc1cc([C@@H]2[C@H](c3ccccn3)NC(=S)N2CCN2CCOCC2)c(C)n1-c1ccc(Br)cc1. The summed E-state index contributed by atoms with van der Waals surface area (Å²) >= 11 is 9.44. The van der Waals surface area contributed by atoms with Crippen molar-refractivity contribution in [3.05, 3.63) is 81.8 Å². The van der Waals surface area contributed by atoms with Gasteiger partial charge in [-0.2, -0.15) is 0 Å². The van der Waals surface area contributed by atoms with E-state index in [0.29, 0.717) is 0 Å². The second-order valence-corrected chi connectivity index (χ2v) is 10.2. The standard InChI is InChI=1S/C26H30BrN5OS/c1-18-17-22(19(2)32(18)21-8-6-20(27)7-9-21)25-24(23-5-3-4-10-28-23)29-26(34)31(25)12-11-30-13-15-33-16-14-30/h3-10,17,24-25H,11-16H2,1-2H3,(H,29,34)/t24-,25+/m0/s1. The van der Waals surface area contributed by atoms with Crippen molar-refractivity contribution in [3.63, 3.8) is 0 Å². The van der Waals surface area contributed by atoms with Gasteiger partial charge in [-0.25, -0.2) is 0 Å². The molecule has 2 aliphatic heterocycles. The average molecular weight is 541 g/mol. The number of thiocarbonyl (C=S) groups is 1. The van der Waals surface area contributed by atoms with E-state index >= 15 is 0 Å². The molecule has 0 amide bonds. The summed E-state index contributed by atoms with van der Waals surface area (Å²) in [4.78, 5) is 9.51. The Hall–Kier alpha value is -2.26. The number of hydrogen-bond donors (Lipinski definition) is 1. The number of aromatic nitrogens is 2. The van der Waals surface area contributed by atoms with Gasteiger partial charge in [0.1, 0.15) is 0 Å². The molecule has 34 heavy (non-hydrogen) atoms. The predicted octanol–water partition coefficient (Wildman–Crippen LogP) is 4.56. The van der Waals surface area contributed by atoms with Crippen LogP contribution >= 0.6 is 28.1 Å². The van der Waals surface area contributed by atoms with Crippen LogP contribution in [0.3, 0.4) is 0 Å². The Morgan fingerprint density at radius 1 is 1.09 bits per heavy atom. The fourth-order valence-corrected chi connectivity index (χ4v) is 5.73. The van der Waals surface area contributed by atoms with Crippen LogP contribution in [-0.4, -0.2) is 63.9 Å². The Bertz CT molecular complexity index is 1140. The van der Waals surface area contributed by atoms with E-state index in [1.165, 1.54) is 17.0 Å². The van der Waals surface area contributed by atoms with Gasteiger partial charge in [-0.3, -0.25) is 9.88 Å². The molecule has 0 bridgehead atoms. The number of halogens is 1. The fourth-order valence-electron chi connectivity index (χ4n) is 5.13. The van der Waals surface area contributed by atoms with Gasteiger partial charge in [0.15, 0.2) is 5.11 Å². The molecule has 1 N–H and O–H groups in total. The molecule has 5 rings (SSSR count). The Balaban J connectivity index is 1.52. The van der Waals surface area contributed by atoms with Gasteiger partial charge in [0, 0.05) is 53.9 Å². The minimum Gasteiger partial charge on any atom is -0.379 e. The van der Waals surface area contributed by atoms with Gasteiger partial charge in [0.05, 0.1) is 31.0 Å². The number of nitrogens with zero attached hydrogens (tertiary/aromatic N) is 4. The third-order valence-electron chi connectivity index (χ3n) is 6.83. The van der Waals surface area contributed by atoms with Gasteiger partial charge in [0.25, 0.3) is 0 Å². The van der Waals surface area contributed by atoms with Crippen LogP contribution in [0.2, 0.25) is 0 Å². The van der Waals surface area contributed by atoms with Crippen LogP contribution in [-0.2, 0) is 4.74 Å². The highest BCUT2D eigenvalue weighted by molar-refractivity contribution is 9.10. The molecule has 8 heteroatoms. The fraction of sp³-hybridized carbons (Fsp3) is 0.385. The third kappa shape index (κ3) is 4.64. The summed E-state index contributed by atoms with van der Waals surface area (Å²) in [5.74, 6) is 0. The lowest BCUT2D eigenvalue weighted by Crippen LogP contribution is -2.42. The van der Waals surface area contributed by atoms with Crippen molar-refractivity contribution in [3.8, 4) is 5.69 Å². The number of ether oxygens (including phenoxy) is 1. The molecule has 1 aromatic carbocycles.